The van der Waals surface area contributed by atoms with E-state index >= 15 is 0 Å². The first kappa shape index (κ1) is 20.1. The Kier molecular flexibility index (Phi) is 6.27. The molecule has 0 spiro atoms. The maximum absolute atomic E-state index is 12.4. The van der Waals surface area contributed by atoms with Crippen molar-refractivity contribution in [1.29, 1.82) is 0 Å². The second-order valence-electron chi connectivity index (χ2n) is 6.52. The second kappa shape index (κ2) is 8.43. The molecular weight excluding hydrogens is 350 g/mol. The lowest BCUT2D eigenvalue weighted by Gasteiger charge is -2.16. The number of amides is 2. The Bertz CT molecular complexity index is 829. The second-order valence-corrected chi connectivity index (χ2v) is 6.52. The van der Waals surface area contributed by atoms with E-state index in [-0.39, 0.29) is 40.4 Å². The number of nitrogens with one attached hydrogen (secondary N) is 2. The molecule has 2 amide bonds. The lowest BCUT2D eigenvalue weighted by atomic mass is 10.1. The average Bonchev–Trinajstić information content (AvgIpc) is 2.62. The van der Waals surface area contributed by atoms with Crippen LogP contribution in [0.3, 0.4) is 0 Å². The number of carbonyl (C=O) groups excluding carboxylic acids is 2. The first-order valence-electron chi connectivity index (χ1n) is 8.62. The van der Waals surface area contributed by atoms with Gasteiger partial charge in [0.15, 0.2) is 5.84 Å². The van der Waals surface area contributed by atoms with E-state index in [1.54, 1.807) is 0 Å². The van der Waals surface area contributed by atoms with Crippen LogP contribution in [0.15, 0.2) is 29.4 Å². The molecule has 2 rings (SSSR count). The summed E-state index contributed by atoms with van der Waals surface area (Å²) in [4.78, 5) is 39.2. The number of hydrogen-bond acceptors (Lipinski definition) is 6. The summed E-state index contributed by atoms with van der Waals surface area (Å²) in [6, 6.07) is 3.85. The largest absolute Gasteiger partial charge is 0.363 e. The Labute approximate surface area is 157 Å². The fraction of sp³-hybridized carbons (Fsp3) is 0.389. The number of rotatable bonds is 6. The van der Waals surface area contributed by atoms with Gasteiger partial charge in [-0.15, -0.1) is 0 Å². The van der Waals surface area contributed by atoms with Crippen LogP contribution in [0.25, 0.3) is 5.70 Å². The molecule has 0 fully saturated rings. The Hall–Kier alpha value is -3.23. The molecule has 0 bridgehead atoms. The lowest BCUT2D eigenvalue weighted by molar-refractivity contribution is -0.384. The van der Waals surface area contributed by atoms with Crippen molar-refractivity contribution in [1.82, 2.24) is 16.0 Å². The zero-order chi connectivity index (χ0) is 20.1. The third-order valence-electron chi connectivity index (χ3n) is 3.84. The van der Waals surface area contributed by atoms with Crippen LogP contribution in [0, 0.1) is 10.1 Å². The van der Waals surface area contributed by atoms with Crippen LogP contribution in [0.4, 0.5) is 5.69 Å². The van der Waals surface area contributed by atoms with Gasteiger partial charge in [-0.05, 0) is 33.3 Å². The molecule has 0 aromatic heterocycles. The number of amidine groups is 1. The minimum Gasteiger partial charge on any atom is -0.363 e. The number of nitro benzene ring substituents is 1. The highest BCUT2D eigenvalue weighted by Crippen LogP contribution is 2.24. The molecule has 1 aliphatic heterocycles. The summed E-state index contributed by atoms with van der Waals surface area (Å²) >= 11 is 0. The van der Waals surface area contributed by atoms with Crippen molar-refractivity contribution in [2.24, 2.45) is 4.99 Å². The first-order chi connectivity index (χ1) is 12.7. The molecule has 1 aromatic rings. The molecule has 2 N–H and O–H groups in total. The van der Waals surface area contributed by atoms with Crippen LogP contribution in [0.2, 0.25) is 0 Å². The van der Waals surface area contributed by atoms with Gasteiger partial charge in [-0.1, -0.05) is 6.92 Å². The fourth-order valence-electron chi connectivity index (χ4n) is 2.29. The summed E-state index contributed by atoms with van der Waals surface area (Å²) in [7, 11) is 0. The monoisotopic (exact) mass is 372 g/mol. The van der Waals surface area contributed by atoms with E-state index in [1.165, 1.54) is 24.4 Å². The summed E-state index contributed by atoms with van der Waals surface area (Å²) in [5.74, 6) is -0.894. The molecule has 0 saturated carbocycles. The molecule has 9 heteroatoms. The molecule has 1 radical (unpaired) electrons. The predicted octanol–water partition coefficient (Wildman–Crippen LogP) is 1.96. The molecule has 143 valence electrons. The van der Waals surface area contributed by atoms with E-state index < -0.39 is 16.7 Å². The molecule has 1 heterocycles. The van der Waals surface area contributed by atoms with Crippen molar-refractivity contribution in [3.8, 4) is 0 Å². The van der Waals surface area contributed by atoms with Gasteiger partial charge in [0.25, 0.3) is 11.6 Å². The van der Waals surface area contributed by atoms with E-state index in [2.05, 4.69) is 20.9 Å². The number of hydrogen-bond donors (Lipinski definition) is 2. The van der Waals surface area contributed by atoms with Gasteiger partial charge in [-0.3, -0.25) is 19.7 Å². The van der Waals surface area contributed by atoms with Gasteiger partial charge in [-0.25, -0.2) is 10.3 Å². The Morgan fingerprint density at radius 2 is 1.96 bits per heavy atom. The summed E-state index contributed by atoms with van der Waals surface area (Å²) < 4.78 is 0. The SMILES string of the molecule is CC[C@@H](C)NC(=O)c1cc(C2=CN=C(NC(C)C)C(=O)[N]2)cc([N+](=O)[O-])c1. The van der Waals surface area contributed by atoms with Crippen molar-refractivity contribution < 1.29 is 14.5 Å². The molecule has 0 aliphatic carbocycles. The van der Waals surface area contributed by atoms with E-state index in [9.17, 15) is 19.7 Å². The van der Waals surface area contributed by atoms with Gasteiger partial charge in [-0.2, -0.15) is 0 Å². The highest BCUT2D eigenvalue weighted by Gasteiger charge is 2.23. The number of nitrogens with zero attached hydrogens (tertiary/aromatic N) is 3. The van der Waals surface area contributed by atoms with Crippen LogP contribution < -0.4 is 16.0 Å². The smallest absolute Gasteiger partial charge is 0.313 e. The van der Waals surface area contributed by atoms with Gasteiger partial charge < -0.3 is 10.6 Å². The molecule has 9 nitrogen and oxygen atoms in total. The molecule has 0 saturated heterocycles. The third-order valence-corrected chi connectivity index (χ3v) is 3.84. The molecule has 1 aliphatic rings. The highest BCUT2D eigenvalue weighted by atomic mass is 16.6. The van der Waals surface area contributed by atoms with E-state index in [4.69, 9.17) is 0 Å². The van der Waals surface area contributed by atoms with Crippen molar-refractivity contribution in [2.45, 2.75) is 46.2 Å². The Morgan fingerprint density at radius 3 is 2.52 bits per heavy atom. The van der Waals surface area contributed by atoms with Crippen LogP contribution in [0.5, 0.6) is 0 Å². The third kappa shape index (κ3) is 5.13. The van der Waals surface area contributed by atoms with Gasteiger partial charge in [0.2, 0.25) is 0 Å². The number of benzene rings is 1. The Balaban J connectivity index is 2.40. The maximum atomic E-state index is 12.4. The Morgan fingerprint density at radius 1 is 1.26 bits per heavy atom. The average molecular weight is 372 g/mol. The van der Waals surface area contributed by atoms with Crippen LogP contribution in [-0.4, -0.2) is 34.7 Å². The zero-order valence-corrected chi connectivity index (χ0v) is 15.6. The first-order valence-corrected chi connectivity index (χ1v) is 8.62. The van der Waals surface area contributed by atoms with Crippen molar-refractivity contribution in [3.05, 3.63) is 45.6 Å². The normalized spacial score (nSPS) is 14.8. The molecule has 1 atom stereocenters. The van der Waals surface area contributed by atoms with E-state index in [0.29, 0.717) is 0 Å². The molecule has 1 aromatic carbocycles. The molecule has 0 unspecified atom stereocenters. The lowest BCUT2D eigenvalue weighted by Crippen LogP contribution is -2.41. The van der Waals surface area contributed by atoms with Crippen LogP contribution >= 0.6 is 0 Å². The number of non-ortho nitro benzene ring substituents is 1. The van der Waals surface area contributed by atoms with Gasteiger partial charge in [0.05, 0.1) is 16.8 Å². The zero-order valence-electron chi connectivity index (χ0n) is 15.6. The van der Waals surface area contributed by atoms with Crippen molar-refractivity contribution in [2.75, 3.05) is 0 Å². The van der Waals surface area contributed by atoms with Gasteiger partial charge in [0.1, 0.15) is 0 Å². The minimum atomic E-state index is -0.593. The standard InChI is InChI=1S/C18H22N5O4/c1-5-11(4)21-17(24)13-6-12(7-14(8-13)23(26)27)15-9-19-16(18(25)22-15)20-10(2)3/h6-11H,5H2,1-4H3,(H,19,20)(H,21,24)/t11-/m1/s1. The molecule has 27 heavy (non-hydrogen) atoms. The molecular formula is C18H22N5O4. The summed E-state index contributed by atoms with van der Waals surface area (Å²) in [5.41, 5.74) is 0.299. The number of aliphatic imine (C=N–C) groups is 1. The van der Waals surface area contributed by atoms with Crippen molar-refractivity contribution >= 4 is 29.0 Å². The van der Waals surface area contributed by atoms with Crippen LogP contribution in [0.1, 0.15) is 50.0 Å². The number of carbonyl (C=O) groups is 2. The summed E-state index contributed by atoms with van der Waals surface area (Å²) in [5, 5.41) is 20.8. The van der Waals surface area contributed by atoms with Gasteiger partial charge in [0, 0.05) is 35.3 Å². The topological polar surface area (TPSA) is 128 Å². The summed E-state index contributed by atoms with van der Waals surface area (Å²) in [6.45, 7) is 7.48. The minimum absolute atomic E-state index is 0.00603. The number of nitro groups is 1. The highest BCUT2D eigenvalue weighted by molar-refractivity contribution is 6.40. The fourth-order valence-corrected chi connectivity index (χ4v) is 2.29. The summed E-state index contributed by atoms with van der Waals surface area (Å²) in [6.07, 6.45) is 2.07. The van der Waals surface area contributed by atoms with E-state index in [0.717, 1.165) is 6.42 Å². The van der Waals surface area contributed by atoms with E-state index in [1.807, 2.05) is 27.7 Å². The predicted molar refractivity (Wildman–Crippen MR) is 101 cm³/mol. The maximum Gasteiger partial charge on any atom is 0.313 e. The van der Waals surface area contributed by atoms with Crippen molar-refractivity contribution in [3.63, 3.8) is 0 Å². The van der Waals surface area contributed by atoms with Crippen LogP contribution in [-0.2, 0) is 4.79 Å². The van der Waals surface area contributed by atoms with Gasteiger partial charge >= 0.3 is 5.91 Å². The quantitative estimate of drug-likeness (QED) is 0.583.